The monoisotopic (exact) mass is 397 g/mol. The van der Waals surface area contributed by atoms with E-state index in [0.29, 0.717) is 11.1 Å². The molecule has 9 nitrogen and oxygen atoms in total. The third-order valence-corrected chi connectivity index (χ3v) is 4.59. The lowest BCUT2D eigenvalue weighted by molar-refractivity contribution is -0.142. The summed E-state index contributed by atoms with van der Waals surface area (Å²) >= 11 is 0. The maximum Gasteiger partial charge on any atom is 0.329 e. The molecule has 1 heterocycles. The molecule has 2 atom stereocenters. The number of para-hydroxylation sites is 1. The van der Waals surface area contributed by atoms with Crippen molar-refractivity contribution in [3.8, 4) is 5.75 Å². The summed E-state index contributed by atoms with van der Waals surface area (Å²) in [5, 5.41) is 21.4. The molecule has 0 radical (unpaired) electrons. The van der Waals surface area contributed by atoms with Crippen molar-refractivity contribution in [3.63, 3.8) is 0 Å². The molecule has 29 heavy (non-hydrogen) atoms. The second-order valence-electron chi connectivity index (χ2n) is 6.60. The first-order valence-electron chi connectivity index (χ1n) is 8.82. The Labute approximate surface area is 164 Å². The van der Waals surface area contributed by atoms with Crippen molar-refractivity contribution in [3.05, 3.63) is 74.9 Å². The number of carbonyl (C=O) groups excluding carboxylic acids is 1. The normalized spacial score (nSPS) is 13.0. The van der Waals surface area contributed by atoms with Gasteiger partial charge in [-0.05, 0) is 36.8 Å². The van der Waals surface area contributed by atoms with Crippen LogP contribution in [-0.4, -0.2) is 37.7 Å². The van der Waals surface area contributed by atoms with E-state index in [-0.39, 0.29) is 17.6 Å². The number of amides is 1. The molecule has 1 aromatic heterocycles. The number of fused-ring (bicyclic) bond motifs is 1. The Hall–Kier alpha value is -3.88. The number of phenols is 1. The van der Waals surface area contributed by atoms with Gasteiger partial charge in [0, 0.05) is 6.42 Å². The van der Waals surface area contributed by atoms with Gasteiger partial charge in [-0.3, -0.25) is 9.59 Å². The highest BCUT2D eigenvalue weighted by atomic mass is 16.4. The summed E-state index contributed by atoms with van der Waals surface area (Å²) in [4.78, 5) is 51.7. The highest BCUT2D eigenvalue weighted by molar-refractivity contribution is 5.86. The summed E-state index contributed by atoms with van der Waals surface area (Å²) < 4.78 is 0.761. The minimum Gasteiger partial charge on any atom is -0.508 e. The quantitative estimate of drug-likeness (QED) is 0.484. The first kappa shape index (κ1) is 19.9. The molecule has 0 saturated heterocycles. The summed E-state index contributed by atoms with van der Waals surface area (Å²) in [7, 11) is 0. The number of hydrogen-bond acceptors (Lipinski definition) is 5. The number of nitrogens with zero attached hydrogens (tertiary/aromatic N) is 1. The van der Waals surface area contributed by atoms with E-state index in [4.69, 9.17) is 0 Å². The highest BCUT2D eigenvalue weighted by Gasteiger charge is 2.26. The Kier molecular flexibility index (Phi) is 5.49. The van der Waals surface area contributed by atoms with Gasteiger partial charge in [0.05, 0.1) is 10.9 Å². The average Bonchev–Trinajstić information content (AvgIpc) is 2.68. The molecule has 150 valence electrons. The zero-order chi connectivity index (χ0) is 21.1. The number of carbonyl (C=O) groups is 2. The van der Waals surface area contributed by atoms with Crippen LogP contribution in [0.25, 0.3) is 10.9 Å². The number of aliphatic carboxylic acids is 1. The molecule has 4 N–H and O–H groups in total. The zero-order valence-electron chi connectivity index (χ0n) is 15.5. The lowest BCUT2D eigenvalue weighted by Gasteiger charge is -2.19. The van der Waals surface area contributed by atoms with Crippen LogP contribution in [0.4, 0.5) is 0 Å². The van der Waals surface area contributed by atoms with E-state index in [0.717, 1.165) is 4.57 Å². The molecular formula is C20H19N3O6. The third kappa shape index (κ3) is 4.18. The Morgan fingerprint density at radius 2 is 1.76 bits per heavy atom. The van der Waals surface area contributed by atoms with Crippen molar-refractivity contribution in [2.45, 2.75) is 25.4 Å². The Morgan fingerprint density at radius 1 is 1.10 bits per heavy atom. The molecule has 2 unspecified atom stereocenters. The summed E-state index contributed by atoms with van der Waals surface area (Å²) in [5.41, 5.74) is -0.467. The first-order chi connectivity index (χ1) is 13.8. The molecule has 1 amide bonds. The van der Waals surface area contributed by atoms with E-state index in [1.165, 1.54) is 25.1 Å². The van der Waals surface area contributed by atoms with E-state index in [1.807, 2.05) is 0 Å². The fourth-order valence-corrected chi connectivity index (χ4v) is 3.01. The van der Waals surface area contributed by atoms with Crippen LogP contribution in [-0.2, 0) is 16.0 Å². The van der Waals surface area contributed by atoms with Crippen LogP contribution in [0.3, 0.4) is 0 Å². The number of phenolic OH excluding ortho intramolecular Hbond substituents is 1. The highest BCUT2D eigenvalue weighted by Crippen LogP contribution is 2.12. The number of hydrogen-bond donors (Lipinski definition) is 4. The molecule has 0 spiro atoms. The number of H-pyrrole nitrogens is 1. The van der Waals surface area contributed by atoms with Gasteiger partial charge in [-0.15, -0.1) is 0 Å². The molecule has 0 bridgehead atoms. The van der Waals surface area contributed by atoms with Crippen LogP contribution in [0.15, 0.2) is 58.1 Å². The van der Waals surface area contributed by atoms with Gasteiger partial charge in [0.15, 0.2) is 0 Å². The van der Waals surface area contributed by atoms with Crippen LogP contribution in [0.1, 0.15) is 18.5 Å². The van der Waals surface area contributed by atoms with E-state index < -0.39 is 35.2 Å². The van der Waals surface area contributed by atoms with Gasteiger partial charge >= 0.3 is 11.7 Å². The van der Waals surface area contributed by atoms with Gasteiger partial charge in [-0.2, -0.15) is 0 Å². The van der Waals surface area contributed by atoms with E-state index >= 15 is 0 Å². The van der Waals surface area contributed by atoms with Crippen LogP contribution in [0.2, 0.25) is 0 Å². The minimum atomic E-state index is -1.27. The Balaban J connectivity index is 1.86. The molecule has 2 aromatic carbocycles. The van der Waals surface area contributed by atoms with Crippen LogP contribution in [0.5, 0.6) is 5.75 Å². The number of rotatable bonds is 6. The van der Waals surface area contributed by atoms with Crippen molar-refractivity contribution in [1.29, 1.82) is 0 Å². The first-order valence-corrected chi connectivity index (χ1v) is 8.82. The lowest BCUT2D eigenvalue weighted by atomic mass is 10.1. The van der Waals surface area contributed by atoms with Crippen molar-refractivity contribution < 1.29 is 19.8 Å². The standard InChI is InChI=1S/C20H19N3O6/c1-11(23-18(26)14-4-2-3-5-15(14)22-20(23)29)17(25)21-16(19(27)28)10-12-6-8-13(24)9-7-12/h2-9,11,16,24H,10H2,1H3,(H,21,25)(H,22,29)(H,27,28). The largest absolute Gasteiger partial charge is 0.508 e. The molecule has 3 aromatic rings. The van der Waals surface area contributed by atoms with Crippen molar-refractivity contribution >= 4 is 22.8 Å². The second kappa shape index (κ2) is 8.01. The van der Waals surface area contributed by atoms with Crippen molar-refractivity contribution in [1.82, 2.24) is 14.9 Å². The van der Waals surface area contributed by atoms with Crippen LogP contribution < -0.4 is 16.6 Å². The van der Waals surface area contributed by atoms with Gasteiger partial charge in [-0.1, -0.05) is 24.3 Å². The smallest absolute Gasteiger partial charge is 0.329 e. The second-order valence-corrected chi connectivity index (χ2v) is 6.60. The molecule has 0 saturated carbocycles. The summed E-state index contributed by atoms with van der Waals surface area (Å²) in [6, 6.07) is 9.81. The third-order valence-electron chi connectivity index (χ3n) is 4.59. The number of aromatic nitrogens is 2. The predicted molar refractivity (Wildman–Crippen MR) is 105 cm³/mol. The number of aromatic hydroxyl groups is 1. The predicted octanol–water partition coefficient (Wildman–Crippen LogP) is 0.768. The molecular weight excluding hydrogens is 378 g/mol. The molecule has 0 aliphatic carbocycles. The number of nitrogens with one attached hydrogen (secondary N) is 2. The van der Waals surface area contributed by atoms with Crippen molar-refractivity contribution in [2.24, 2.45) is 0 Å². The summed E-state index contributed by atoms with van der Waals surface area (Å²) in [5.74, 6) is -2.01. The number of benzene rings is 2. The van der Waals surface area contributed by atoms with E-state index in [9.17, 15) is 29.4 Å². The van der Waals surface area contributed by atoms with Gasteiger partial charge in [0.2, 0.25) is 5.91 Å². The maximum absolute atomic E-state index is 12.7. The van der Waals surface area contributed by atoms with Gasteiger partial charge < -0.3 is 20.5 Å². The topological polar surface area (TPSA) is 141 Å². The number of aromatic amines is 1. The molecule has 9 heteroatoms. The average molecular weight is 397 g/mol. The SMILES string of the molecule is CC(C(=O)NC(Cc1ccc(O)cc1)C(=O)O)n1c(=O)[nH]c2ccccc2c1=O. The van der Waals surface area contributed by atoms with E-state index in [1.54, 1.807) is 30.3 Å². The van der Waals surface area contributed by atoms with Gasteiger partial charge in [-0.25, -0.2) is 14.2 Å². The van der Waals surface area contributed by atoms with Crippen LogP contribution in [0, 0.1) is 0 Å². The van der Waals surface area contributed by atoms with Crippen LogP contribution >= 0.6 is 0 Å². The molecule has 0 aliphatic heterocycles. The Morgan fingerprint density at radius 3 is 2.41 bits per heavy atom. The number of carboxylic acid groups (broad SMARTS) is 1. The lowest BCUT2D eigenvalue weighted by Crippen LogP contribution is -2.48. The Bertz CT molecular complexity index is 1180. The van der Waals surface area contributed by atoms with E-state index in [2.05, 4.69) is 10.3 Å². The zero-order valence-corrected chi connectivity index (χ0v) is 15.5. The maximum atomic E-state index is 12.7. The molecule has 3 rings (SSSR count). The number of carboxylic acids is 1. The summed E-state index contributed by atoms with van der Waals surface area (Å²) in [6.45, 7) is 1.35. The van der Waals surface area contributed by atoms with Crippen molar-refractivity contribution in [2.75, 3.05) is 0 Å². The summed E-state index contributed by atoms with van der Waals surface area (Å²) in [6.07, 6.45) is -0.0307. The molecule has 0 fully saturated rings. The minimum absolute atomic E-state index is 0.0307. The molecule has 0 aliphatic rings. The van der Waals surface area contributed by atoms with Gasteiger partial charge in [0.1, 0.15) is 17.8 Å². The fraction of sp³-hybridized carbons (Fsp3) is 0.200. The fourth-order valence-electron chi connectivity index (χ4n) is 3.01. The van der Waals surface area contributed by atoms with Gasteiger partial charge in [0.25, 0.3) is 5.56 Å².